The predicted octanol–water partition coefficient (Wildman–Crippen LogP) is 1.89. The number of carbonyl (C=O) groups is 2. The Morgan fingerprint density at radius 2 is 1.70 bits per heavy atom. The van der Waals surface area contributed by atoms with Gasteiger partial charge in [0.1, 0.15) is 5.82 Å². The van der Waals surface area contributed by atoms with Crippen LogP contribution in [0.25, 0.3) is 0 Å². The second kappa shape index (κ2) is 6.06. The SMILES string of the molecule is N#CC(C(=O)O)C(CC(=O)O)c1cc(F)c(F)cc1F. The Balaban J connectivity index is 3.38. The van der Waals surface area contributed by atoms with Gasteiger partial charge in [0.15, 0.2) is 17.6 Å². The Bertz CT molecular complexity index is 597. The normalized spacial score (nSPS) is 13.3. The molecule has 0 aliphatic rings. The lowest BCUT2D eigenvalue weighted by Gasteiger charge is -2.18. The maximum absolute atomic E-state index is 13.6. The fourth-order valence-corrected chi connectivity index (χ4v) is 1.73. The number of aliphatic carboxylic acids is 2. The molecule has 0 aliphatic carbocycles. The van der Waals surface area contributed by atoms with Gasteiger partial charge in [0.2, 0.25) is 0 Å². The molecule has 1 rings (SSSR count). The van der Waals surface area contributed by atoms with Gasteiger partial charge in [-0.3, -0.25) is 9.59 Å². The topological polar surface area (TPSA) is 98.4 Å². The Morgan fingerprint density at radius 3 is 2.15 bits per heavy atom. The van der Waals surface area contributed by atoms with E-state index in [2.05, 4.69) is 0 Å². The Morgan fingerprint density at radius 1 is 1.15 bits per heavy atom. The van der Waals surface area contributed by atoms with Crippen molar-refractivity contribution in [2.75, 3.05) is 0 Å². The van der Waals surface area contributed by atoms with E-state index in [0.29, 0.717) is 6.07 Å². The lowest BCUT2D eigenvalue weighted by molar-refractivity contribution is -0.141. The first kappa shape index (κ1) is 15.5. The number of benzene rings is 1. The van der Waals surface area contributed by atoms with Crippen LogP contribution in [0.15, 0.2) is 12.1 Å². The molecule has 0 saturated heterocycles. The third-order valence-corrected chi connectivity index (χ3v) is 2.64. The van der Waals surface area contributed by atoms with Crippen LogP contribution in [-0.2, 0) is 9.59 Å². The van der Waals surface area contributed by atoms with Crippen molar-refractivity contribution < 1.29 is 33.0 Å². The van der Waals surface area contributed by atoms with Gasteiger partial charge < -0.3 is 10.2 Å². The van der Waals surface area contributed by atoms with Gasteiger partial charge in [-0.15, -0.1) is 0 Å². The van der Waals surface area contributed by atoms with Crippen molar-refractivity contribution in [3.8, 4) is 6.07 Å². The summed E-state index contributed by atoms with van der Waals surface area (Å²) in [5.74, 6) is -11.0. The quantitative estimate of drug-likeness (QED) is 0.806. The fourth-order valence-electron chi connectivity index (χ4n) is 1.73. The lowest BCUT2D eigenvalue weighted by atomic mass is 9.84. The summed E-state index contributed by atoms with van der Waals surface area (Å²) in [4.78, 5) is 21.6. The van der Waals surface area contributed by atoms with Gasteiger partial charge in [0, 0.05) is 12.0 Å². The molecular weight excluding hydrogens is 279 g/mol. The molecule has 1 aromatic rings. The van der Waals surface area contributed by atoms with E-state index in [4.69, 9.17) is 15.5 Å². The average Bonchev–Trinajstić information content (AvgIpc) is 2.32. The van der Waals surface area contributed by atoms with Crippen molar-refractivity contribution in [3.63, 3.8) is 0 Å². The molecule has 0 aliphatic heterocycles. The number of halogens is 3. The number of nitrogens with zero attached hydrogens (tertiary/aromatic N) is 1. The highest BCUT2D eigenvalue weighted by atomic mass is 19.2. The van der Waals surface area contributed by atoms with Crippen molar-refractivity contribution in [1.29, 1.82) is 5.26 Å². The molecule has 0 heterocycles. The summed E-state index contributed by atoms with van der Waals surface area (Å²) in [6.45, 7) is 0. The van der Waals surface area contributed by atoms with Gasteiger partial charge in [-0.25, -0.2) is 13.2 Å². The van der Waals surface area contributed by atoms with Crippen LogP contribution in [0, 0.1) is 34.7 Å². The van der Waals surface area contributed by atoms with Crippen molar-refractivity contribution in [2.24, 2.45) is 5.92 Å². The highest BCUT2D eigenvalue weighted by Gasteiger charge is 2.34. The first-order valence-corrected chi connectivity index (χ1v) is 5.26. The second-order valence-corrected chi connectivity index (χ2v) is 3.94. The minimum Gasteiger partial charge on any atom is -0.481 e. The van der Waals surface area contributed by atoms with Gasteiger partial charge in [-0.2, -0.15) is 5.26 Å². The summed E-state index contributed by atoms with van der Waals surface area (Å²) in [5, 5.41) is 26.3. The Kier molecular flexibility index (Phi) is 4.69. The number of carboxylic acid groups (broad SMARTS) is 2. The van der Waals surface area contributed by atoms with Gasteiger partial charge in [0.25, 0.3) is 0 Å². The summed E-state index contributed by atoms with van der Waals surface area (Å²) in [6.07, 6.45) is -0.910. The molecule has 0 aromatic heterocycles. The van der Waals surface area contributed by atoms with Crippen LogP contribution in [0.5, 0.6) is 0 Å². The molecule has 0 saturated carbocycles. The zero-order valence-corrected chi connectivity index (χ0v) is 9.81. The van der Waals surface area contributed by atoms with Crippen LogP contribution in [0.3, 0.4) is 0 Å². The lowest BCUT2D eigenvalue weighted by Crippen LogP contribution is -2.24. The maximum Gasteiger partial charge on any atom is 0.321 e. The summed E-state index contributed by atoms with van der Waals surface area (Å²) in [5.41, 5.74) is -0.666. The van der Waals surface area contributed by atoms with Crippen LogP contribution < -0.4 is 0 Å². The van der Waals surface area contributed by atoms with Gasteiger partial charge in [-0.1, -0.05) is 0 Å². The van der Waals surface area contributed by atoms with Crippen molar-refractivity contribution in [1.82, 2.24) is 0 Å². The minimum absolute atomic E-state index is 0.176. The number of hydrogen-bond donors (Lipinski definition) is 2. The van der Waals surface area contributed by atoms with Crippen LogP contribution >= 0.6 is 0 Å². The van der Waals surface area contributed by atoms with Crippen LogP contribution in [0.1, 0.15) is 17.9 Å². The predicted molar refractivity (Wildman–Crippen MR) is 58.0 cm³/mol. The van der Waals surface area contributed by atoms with E-state index in [1.165, 1.54) is 6.07 Å². The third-order valence-electron chi connectivity index (χ3n) is 2.64. The van der Waals surface area contributed by atoms with E-state index >= 15 is 0 Å². The molecule has 106 valence electrons. The van der Waals surface area contributed by atoms with Crippen molar-refractivity contribution in [3.05, 3.63) is 35.1 Å². The molecule has 0 radical (unpaired) electrons. The zero-order valence-electron chi connectivity index (χ0n) is 9.81. The standard InChI is InChI=1S/C12H8F3NO4/c13-8-3-10(15)9(14)1-6(8)5(2-11(17)18)7(4-16)12(19)20/h1,3,5,7H,2H2,(H,17,18)(H,19,20). The molecule has 2 unspecified atom stereocenters. The van der Waals surface area contributed by atoms with Gasteiger partial charge >= 0.3 is 11.9 Å². The van der Waals surface area contributed by atoms with Gasteiger partial charge in [0.05, 0.1) is 12.5 Å². The van der Waals surface area contributed by atoms with E-state index < -0.39 is 53.2 Å². The summed E-state index contributed by atoms with van der Waals surface area (Å²) >= 11 is 0. The molecule has 2 atom stereocenters. The van der Waals surface area contributed by atoms with E-state index in [9.17, 15) is 22.8 Å². The van der Waals surface area contributed by atoms with Crippen molar-refractivity contribution in [2.45, 2.75) is 12.3 Å². The Labute approximate surface area is 110 Å². The molecular formula is C12H8F3NO4. The average molecular weight is 287 g/mol. The van der Waals surface area contributed by atoms with Gasteiger partial charge in [-0.05, 0) is 11.6 Å². The molecule has 0 spiro atoms. The number of rotatable bonds is 5. The third kappa shape index (κ3) is 3.26. The zero-order chi connectivity index (χ0) is 15.4. The largest absolute Gasteiger partial charge is 0.481 e. The monoisotopic (exact) mass is 287 g/mol. The second-order valence-electron chi connectivity index (χ2n) is 3.94. The minimum atomic E-state index is -1.90. The molecule has 5 nitrogen and oxygen atoms in total. The van der Waals surface area contributed by atoms with E-state index in [1.54, 1.807) is 0 Å². The first-order chi connectivity index (χ1) is 9.27. The molecule has 0 bridgehead atoms. The molecule has 0 fully saturated rings. The highest BCUT2D eigenvalue weighted by molar-refractivity contribution is 5.77. The molecule has 20 heavy (non-hydrogen) atoms. The fraction of sp³-hybridized carbons (Fsp3) is 0.250. The van der Waals surface area contributed by atoms with Crippen LogP contribution in [-0.4, -0.2) is 22.2 Å². The summed E-state index contributed by atoms with van der Waals surface area (Å²) in [7, 11) is 0. The number of nitriles is 1. The maximum atomic E-state index is 13.6. The molecule has 1 aromatic carbocycles. The van der Waals surface area contributed by atoms with Crippen LogP contribution in [0.4, 0.5) is 13.2 Å². The van der Waals surface area contributed by atoms with E-state index in [0.717, 1.165) is 0 Å². The van der Waals surface area contributed by atoms with E-state index in [1.807, 2.05) is 0 Å². The Hall–Kier alpha value is -2.56. The summed E-state index contributed by atoms with van der Waals surface area (Å²) in [6, 6.07) is 1.86. The molecule has 0 amide bonds. The first-order valence-electron chi connectivity index (χ1n) is 5.26. The van der Waals surface area contributed by atoms with Crippen LogP contribution in [0.2, 0.25) is 0 Å². The highest BCUT2D eigenvalue weighted by Crippen LogP contribution is 2.31. The van der Waals surface area contributed by atoms with Crippen molar-refractivity contribution >= 4 is 11.9 Å². The number of hydrogen-bond acceptors (Lipinski definition) is 3. The van der Waals surface area contributed by atoms with E-state index in [-0.39, 0.29) is 6.07 Å². The smallest absolute Gasteiger partial charge is 0.321 e. The number of carboxylic acids is 2. The molecule has 2 N–H and O–H groups in total. The summed E-state index contributed by atoms with van der Waals surface area (Å²) < 4.78 is 39.5. The molecule has 8 heteroatoms.